The fourth-order valence-electron chi connectivity index (χ4n) is 1.59. The summed E-state index contributed by atoms with van der Waals surface area (Å²) in [6.07, 6.45) is 0. The number of hydrogen-bond donors (Lipinski definition) is 3. The quantitative estimate of drug-likeness (QED) is 0.456. The van der Waals surface area contributed by atoms with Crippen LogP contribution < -0.4 is 26.9 Å². The normalized spacial score (nSPS) is 10.3. The molecule has 0 aliphatic heterocycles. The van der Waals surface area contributed by atoms with E-state index in [-0.39, 0.29) is 23.1 Å². The van der Waals surface area contributed by atoms with Crippen LogP contribution >= 0.6 is 22.9 Å². The number of nitrogens with two attached hydrogens (primary N) is 2. The fourth-order valence-corrected chi connectivity index (χ4v) is 2.42. The second-order valence-electron chi connectivity index (χ2n) is 3.89. The van der Waals surface area contributed by atoms with Gasteiger partial charge in [0.15, 0.2) is 11.6 Å². The zero-order valence-corrected chi connectivity index (χ0v) is 12.2. The Kier molecular flexibility index (Phi) is 4.97. The number of rotatable bonds is 4. The van der Waals surface area contributed by atoms with Crippen molar-refractivity contribution in [2.75, 3.05) is 5.01 Å². The summed E-state index contributed by atoms with van der Waals surface area (Å²) < 4.78 is 19.5. The number of halogens is 2. The molecule has 0 saturated carbocycles. The molecule has 2 amide bonds. The summed E-state index contributed by atoms with van der Waals surface area (Å²) in [4.78, 5) is 12.4. The van der Waals surface area contributed by atoms with Crippen molar-refractivity contribution in [3.63, 3.8) is 0 Å². The van der Waals surface area contributed by atoms with E-state index in [0.29, 0.717) is 5.01 Å². The van der Waals surface area contributed by atoms with Crippen LogP contribution in [0.15, 0.2) is 29.6 Å². The zero-order valence-electron chi connectivity index (χ0n) is 10.7. The van der Waals surface area contributed by atoms with Crippen LogP contribution in [0, 0.1) is 5.82 Å². The monoisotopic (exact) mass is 330 g/mol. The van der Waals surface area contributed by atoms with Crippen LogP contribution in [0.2, 0.25) is 5.02 Å². The van der Waals surface area contributed by atoms with Gasteiger partial charge < -0.3 is 4.74 Å². The van der Waals surface area contributed by atoms with Crippen LogP contribution in [0.3, 0.4) is 0 Å². The fraction of sp³-hybridized carbons (Fsp3) is 0.0833. The topological polar surface area (TPSA) is 93.6 Å². The number of urea groups is 1. The summed E-state index contributed by atoms with van der Waals surface area (Å²) in [7, 11) is 0. The first-order chi connectivity index (χ1) is 10.0. The van der Waals surface area contributed by atoms with Gasteiger partial charge in [-0.25, -0.2) is 25.9 Å². The third-order valence-electron chi connectivity index (χ3n) is 2.56. The molecule has 1 heterocycles. The summed E-state index contributed by atoms with van der Waals surface area (Å²) >= 11 is 7.47. The highest BCUT2D eigenvalue weighted by atomic mass is 35.5. The van der Waals surface area contributed by atoms with Gasteiger partial charge in [-0.1, -0.05) is 17.7 Å². The molecule has 0 aliphatic rings. The Labute approximate surface area is 129 Å². The SMILES string of the molecule is NNC(=O)N(N)c1c(F)ccc(Cl)c1OCc1cccs1. The maximum absolute atomic E-state index is 14.0. The van der Waals surface area contributed by atoms with E-state index in [1.807, 2.05) is 17.5 Å². The van der Waals surface area contributed by atoms with E-state index in [4.69, 9.17) is 28.0 Å². The number of nitrogens with one attached hydrogen (secondary N) is 1. The van der Waals surface area contributed by atoms with Gasteiger partial charge in [-0.3, -0.25) is 5.43 Å². The lowest BCUT2D eigenvalue weighted by atomic mass is 10.2. The molecule has 0 fully saturated rings. The molecule has 0 bridgehead atoms. The van der Waals surface area contributed by atoms with E-state index in [1.165, 1.54) is 17.4 Å². The first-order valence-electron chi connectivity index (χ1n) is 5.73. The van der Waals surface area contributed by atoms with Crippen LogP contribution in [0.5, 0.6) is 5.75 Å². The number of nitrogens with zero attached hydrogens (tertiary/aromatic N) is 1. The molecule has 5 N–H and O–H groups in total. The van der Waals surface area contributed by atoms with Gasteiger partial charge >= 0.3 is 6.03 Å². The van der Waals surface area contributed by atoms with Gasteiger partial charge in [0.1, 0.15) is 12.3 Å². The Bertz CT molecular complexity index is 638. The Hall–Kier alpha value is -1.87. The number of hydrazine groups is 2. The first kappa shape index (κ1) is 15.5. The largest absolute Gasteiger partial charge is 0.484 e. The van der Waals surface area contributed by atoms with E-state index < -0.39 is 11.8 Å². The number of anilines is 1. The van der Waals surface area contributed by atoms with Crippen LogP contribution in [-0.4, -0.2) is 6.03 Å². The van der Waals surface area contributed by atoms with E-state index >= 15 is 0 Å². The van der Waals surface area contributed by atoms with Crippen LogP contribution in [0.4, 0.5) is 14.9 Å². The Morgan fingerprint density at radius 2 is 2.24 bits per heavy atom. The van der Waals surface area contributed by atoms with Gasteiger partial charge in [0.2, 0.25) is 0 Å². The van der Waals surface area contributed by atoms with Gasteiger partial charge in [-0.2, -0.15) is 0 Å². The summed E-state index contributed by atoms with van der Waals surface area (Å²) in [6, 6.07) is 5.20. The lowest BCUT2D eigenvalue weighted by Gasteiger charge is -2.20. The molecular weight excluding hydrogens is 319 g/mol. The average Bonchev–Trinajstić information content (AvgIpc) is 2.99. The molecule has 112 valence electrons. The molecule has 2 aromatic rings. The molecule has 1 aromatic carbocycles. The molecule has 0 spiro atoms. The smallest absolute Gasteiger partial charge is 0.350 e. The lowest BCUT2D eigenvalue weighted by Crippen LogP contribution is -2.48. The van der Waals surface area contributed by atoms with Crippen LogP contribution in [0.1, 0.15) is 4.88 Å². The number of benzene rings is 1. The summed E-state index contributed by atoms with van der Waals surface area (Å²) in [6.45, 7) is 0.173. The molecule has 0 saturated heterocycles. The highest BCUT2D eigenvalue weighted by molar-refractivity contribution is 7.09. The predicted octanol–water partition coefficient (Wildman–Crippen LogP) is 2.38. The van der Waals surface area contributed by atoms with Crippen molar-refractivity contribution in [3.05, 3.63) is 45.4 Å². The third kappa shape index (κ3) is 3.42. The predicted molar refractivity (Wildman–Crippen MR) is 79.4 cm³/mol. The van der Waals surface area contributed by atoms with E-state index in [1.54, 1.807) is 5.43 Å². The highest BCUT2D eigenvalue weighted by Gasteiger charge is 2.23. The first-order valence-corrected chi connectivity index (χ1v) is 6.99. The Balaban J connectivity index is 2.34. The maximum Gasteiger partial charge on any atom is 0.350 e. The number of hydrogen-bond acceptors (Lipinski definition) is 5. The van der Waals surface area contributed by atoms with Crippen molar-refractivity contribution in [1.29, 1.82) is 0 Å². The van der Waals surface area contributed by atoms with Crippen LogP contribution in [-0.2, 0) is 6.61 Å². The minimum atomic E-state index is -0.905. The van der Waals surface area contributed by atoms with Crippen molar-refractivity contribution in [3.8, 4) is 5.75 Å². The van der Waals surface area contributed by atoms with E-state index in [9.17, 15) is 9.18 Å². The molecule has 0 atom stereocenters. The molecule has 0 aliphatic carbocycles. The highest BCUT2D eigenvalue weighted by Crippen LogP contribution is 2.37. The molecule has 6 nitrogen and oxygen atoms in total. The molecule has 0 radical (unpaired) electrons. The standard InChI is InChI=1S/C12H12ClFN4O2S/c13-8-3-4-9(14)10(18(16)12(19)17-15)11(8)20-6-7-2-1-5-21-7/h1-5H,6,15-16H2,(H,17,19). The minimum absolute atomic E-state index is 0.0313. The molecule has 2 rings (SSSR count). The number of ether oxygens (including phenoxy) is 1. The van der Waals surface area contributed by atoms with Crippen molar-refractivity contribution in [1.82, 2.24) is 5.43 Å². The van der Waals surface area contributed by atoms with E-state index in [2.05, 4.69) is 0 Å². The van der Waals surface area contributed by atoms with Gasteiger partial charge in [0.25, 0.3) is 0 Å². The minimum Gasteiger partial charge on any atom is -0.484 e. The lowest BCUT2D eigenvalue weighted by molar-refractivity contribution is 0.245. The molecule has 21 heavy (non-hydrogen) atoms. The Morgan fingerprint density at radius 3 is 2.86 bits per heavy atom. The van der Waals surface area contributed by atoms with Crippen molar-refractivity contribution in [2.24, 2.45) is 11.7 Å². The molecular formula is C12H12ClFN4O2S. The second-order valence-corrected chi connectivity index (χ2v) is 5.33. The maximum atomic E-state index is 14.0. The van der Waals surface area contributed by atoms with Gasteiger partial charge in [-0.05, 0) is 23.6 Å². The van der Waals surface area contributed by atoms with E-state index in [0.717, 1.165) is 10.9 Å². The number of carbonyl (C=O) groups excluding carboxylic acids is 1. The molecule has 1 aromatic heterocycles. The van der Waals surface area contributed by atoms with Crippen molar-refractivity contribution < 1.29 is 13.9 Å². The zero-order chi connectivity index (χ0) is 15.4. The van der Waals surface area contributed by atoms with Crippen molar-refractivity contribution in [2.45, 2.75) is 6.61 Å². The summed E-state index contributed by atoms with van der Waals surface area (Å²) in [5.41, 5.74) is 1.52. The number of carbonyl (C=O) groups is 1. The Morgan fingerprint density at radius 1 is 1.48 bits per heavy atom. The van der Waals surface area contributed by atoms with Gasteiger partial charge in [0, 0.05) is 4.88 Å². The van der Waals surface area contributed by atoms with Gasteiger partial charge in [-0.15, -0.1) is 11.3 Å². The third-order valence-corrected chi connectivity index (χ3v) is 3.70. The average molecular weight is 331 g/mol. The van der Waals surface area contributed by atoms with Gasteiger partial charge in [0.05, 0.1) is 5.02 Å². The van der Waals surface area contributed by atoms with Crippen LogP contribution in [0.25, 0.3) is 0 Å². The number of thiophene rings is 1. The second kappa shape index (κ2) is 6.72. The van der Waals surface area contributed by atoms with Crippen molar-refractivity contribution >= 4 is 34.7 Å². The molecule has 0 unspecified atom stereocenters. The number of amides is 2. The summed E-state index contributed by atoms with van der Waals surface area (Å²) in [5, 5.41) is 2.51. The molecule has 9 heteroatoms. The summed E-state index contributed by atoms with van der Waals surface area (Å²) in [5.74, 6) is 9.73.